The number of hydrogen-bond acceptors (Lipinski definition) is 2. The molecule has 17 heavy (non-hydrogen) atoms. The van der Waals surface area contributed by atoms with E-state index in [1.165, 1.54) is 18.4 Å². The van der Waals surface area contributed by atoms with Crippen LogP contribution in [0.2, 0.25) is 0 Å². The molecule has 3 heteroatoms. The van der Waals surface area contributed by atoms with Gasteiger partial charge in [-0.2, -0.15) is 0 Å². The van der Waals surface area contributed by atoms with E-state index in [1.54, 1.807) is 0 Å². The summed E-state index contributed by atoms with van der Waals surface area (Å²) in [5.41, 5.74) is 1.62. The maximum atomic E-state index is 6.36. The molecule has 0 spiro atoms. The highest BCUT2D eigenvalue weighted by molar-refractivity contribution is 14.1. The van der Waals surface area contributed by atoms with Crippen LogP contribution >= 0.6 is 34.4 Å². The van der Waals surface area contributed by atoms with Crippen molar-refractivity contribution < 1.29 is 4.74 Å². The highest BCUT2D eigenvalue weighted by Gasteiger charge is 2.56. The van der Waals surface area contributed by atoms with Crippen LogP contribution in [0.25, 0.3) is 0 Å². The number of benzene rings is 1. The van der Waals surface area contributed by atoms with Gasteiger partial charge in [-0.25, -0.2) is 0 Å². The fourth-order valence-corrected chi connectivity index (χ4v) is 6.55. The highest BCUT2D eigenvalue weighted by Crippen LogP contribution is 2.60. The van der Waals surface area contributed by atoms with Crippen molar-refractivity contribution in [3.05, 3.63) is 35.9 Å². The van der Waals surface area contributed by atoms with Crippen LogP contribution in [0.15, 0.2) is 30.3 Å². The van der Waals surface area contributed by atoms with Gasteiger partial charge in [-0.3, -0.25) is 0 Å². The number of hydrogen-bond donors (Lipinski definition) is 0. The molecule has 0 unspecified atom stereocenters. The Morgan fingerprint density at radius 2 is 2.00 bits per heavy atom. The second-order valence-electron chi connectivity index (χ2n) is 5.36. The SMILES string of the molecule is I[C@H]1[C@H]2C[C@@H]3[C@@H]1O[C@H](c1ccccc1)S[C@H]3C2. The fraction of sp³-hybridized carbons (Fsp3) is 0.571. The predicted molar refractivity (Wildman–Crippen MR) is 79.5 cm³/mol. The van der Waals surface area contributed by atoms with Crippen LogP contribution in [0, 0.1) is 11.8 Å². The van der Waals surface area contributed by atoms with Gasteiger partial charge in [-0.05, 0) is 30.2 Å². The summed E-state index contributed by atoms with van der Waals surface area (Å²) in [6.07, 6.45) is 3.36. The normalized spacial score (nSPS) is 47.4. The molecule has 0 aromatic heterocycles. The number of ether oxygens (including phenoxy) is 1. The zero-order chi connectivity index (χ0) is 11.4. The Balaban J connectivity index is 1.62. The van der Waals surface area contributed by atoms with E-state index in [4.69, 9.17) is 4.74 Å². The minimum absolute atomic E-state index is 0.277. The van der Waals surface area contributed by atoms with Gasteiger partial charge in [0, 0.05) is 9.17 Å². The van der Waals surface area contributed by atoms with Crippen LogP contribution in [0.5, 0.6) is 0 Å². The molecule has 0 N–H and O–H groups in total. The molecule has 4 rings (SSSR count). The first-order chi connectivity index (χ1) is 8.33. The van der Waals surface area contributed by atoms with Gasteiger partial charge in [0.1, 0.15) is 5.44 Å². The van der Waals surface area contributed by atoms with E-state index in [-0.39, 0.29) is 5.44 Å². The Hall–Kier alpha value is 0.260. The zero-order valence-corrected chi connectivity index (χ0v) is 12.4. The first-order valence-electron chi connectivity index (χ1n) is 6.33. The van der Waals surface area contributed by atoms with Gasteiger partial charge in [0.15, 0.2) is 0 Å². The maximum absolute atomic E-state index is 6.36. The van der Waals surface area contributed by atoms with E-state index in [9.17, 15) is 0 Å². The Labute approximate surface area is 120 Å². The maximum Gasteiger partial charge on any atom is 0.129 e. The minimum atomic E-state index is 0.277. The second kappa shape index (κ2) is 4.14. The molecule has 2 aliphatic carbocycles. The third-order valence-corrected chi connectivity index (χ3v) is 7.67. The number of fused-ring (bicyclic) bond motifs is 1. The molecule has 2 bridgehead atoms. The summed E-state index contributed by atoms with van der Waals surface area (Å²) in [7, 11) is 0. The molecule has 1 saturated heterocycles. The molecule has 1 heterocycles. The topological polar surface area (TPSA) is 9.23 Å². The average Bonchev–Trinajstić information content (AvgIpc) is 2.92. The van der Waals surface area contributed by atoms with Crippen molar-refractivity contribution in [2.24, 2.45) is 11.8 Å². The van der Waals surface area contributed by atoms with Crippen molar-refractivity contribution >= 4 is 34.4 Å². The van der Waals surface area contributed by atoms with E-state index >= 15 is 0 Å². The monoisotopic (exact) mass is 358 g/mol. The third-order valence-electron chi connectivity index (χ3n) is 4.42. The molecule has 3 aliphatic rings. The quantitative estimate of drug-likeness (QED) is 0.554. The molecule has 3 fully saturated rings. The number of alkyl halides is 1. The summed E-state index contributed by atoms with van der Waals surface area (Å²) < 4.78 is 7.12. The summed E-state index contributed by atoms with van der Waals surface area (Å²) >= 11 is 4.69. The third kappa shape index (κ3) is 1.69. The van der Waals surface area contributed by atoms with Crippen LogP contribution < -0.4 is 0 Å². The Bertz CT molecular complexity index is 423. The van der Waals surface area contributed by atoms with Crippen LogP contribution in [-0.2, 0) is 4.74 Å². The smallest absolute Gasteiger partial charge is 0.129 e. The number of thioether (sulfide) groups is 1. The van der Waals surface area contributed by atoms with Gasteiger partial charge in [0.25, 0.3) is 0 Å². The molecule has 90 valence electrons. The lowest BCUT2D eigenvalue weighted by atomic mass is 9.96. The standard InChI is InChI=1S/C14H15IOS/c15-12-9-6-10-11(7-9)17-14(16-13(10)12)8-4-2-1-3-5-8/h1-5,9-14H,6-7H2/t9-,10-,11-,12-,13-,14-/m0/s1. The molecule has 6 atom stereocenters. The zero-order valence-electron chi connectivity index (χ0n) is 9.46. The minimum Gasteiger partial charge on any atom is -0.358 e. The largest absolute Gasteiger partial charge is 0.358 e. The molecule has 0 radical (unpaired) electrons. The highest BCUT2D eigenvalue weighted by atomic mass is 127. The molecule has 1 aromatic carbocycles. The first-order valence-corrected chi connectivity index (χ1v) is 8.52. The van der Waals surface area contributed by atoms with Gasteiger partial charge in [-0.1, -0.05) is 52.9 Å². The van der Waals surface area contributed by atoms with Crippen molar-refractivity contribution in [3.63, 3.8) is 0 Å². The Kier molecular flexibility index (Phi) is 2.70. The summed E-state index contributed by atoms with van der Waals surface area (Å²) in [6, 6.07) is 10.7. The van der Waals surface area contributed by atoms with E-state index in [2.05, 4.69) is 64.7 Å². The van der Waals surface area contributed by atoms with Crippen molar-refractivity contribution in [1.29, 1.82) is 0 Å². The van der Waals surface area contributed by atoms with Gasteiger partial charge in [0.05, 0.1) is 6.10 Å². The van der Waals surface area contributed by atoms with Crippen molar-refractivity contribution in [1.82, 2.24) is 0 Å². The van der Waals surface area contributed by atoms with E-state index in [0.717, 1.165) is 21.0 Å². The lowest BCUT2D eigenvalue weighted by Gasteiger charge is -2.41. The molecular formula is C14H15IOS. The van der Waals surface area contributed by atoms with Gasteiger partial charge in [0.2, 0.25) is 0 Å². The van der Waals surface area contributed by atoms with Gasteiger partial charge >= 0.3 is 0 Å². The number of halogens is 1. The van der Waals surface area contributed by atoms with Crippen LogP contribution in [0.1, 0.15) is 23.8 Å². The van der Waals surface area contributed by atoms with E-state index < -0.39 is 0 Å². The van der Waals surface area contributed by atoms with Crippen LogP contribution in [0.4, 0.5) is 0 Å². The lowest BCUT2D eigenvalue weighted by Crippen LogP contribution is -2.41. The second-order valence-corrected chi connectivity index (χ2v) is 8.10. The Morgan fingerprint density at radius 3 is 2.76 bits per heavy atom. The Morgan fingerprint density at radius 1 is 1.18 bits per heavy atom. The van der Waals surface area contributed by atoms with Crippen molar-refractivity contribution in [2.45, 2.75) is 33.6 Å². The lowest BCUT2D eigenvalue weighted by molar-refractivity contribution is -0.00378. The molecule has 1 nitrogen and oxygen atoms in total. The van der Waals surface area contributed by atoms with Crippen LogP contribution in [0.3, 0.4) is 0 Å². The predicted octanol–water partition coefficient (Wildman–Crippen LogP) is 4.03. The molecule has 1 aromatic rings. The number of rotatable bonds is 1. The summed E-state index contributed by atoms with van der Waals surface area (Å²) in [5.74, 6) is 1.77. The van der Waals surface area contributed by atoms with Gasteiger partial charge < -0.3 is 4.74 Å². The van der Waals surface area contributed by atoms with Crippen molar-refractivity contribution in [2.75, 3.05) is 0 Å². The van der Waals surface area contributed by atoms with Gasteiger partial charge in [-0.15, -0.1) is 11.8 Å². The molecule has 1 aliphatic heterocycles. The summed E-state index contributed by atoms with van der Waals surface area (Å²) in [4.78, 5) is 0. The molecular weight excluding hydrogens is 343 g/mol. The van der Waals surface area contributed by atoms with E-state index in [1.807, 2.05) is 0 Å². The van der Waals surface area contributed by atoms with Crippen molar-refractivity contribution in [3.8, 4) is 0 Å². The molecule has 0 amide bonds. The van der Waals surface area contributed by atoms with E-state index in [0.29, 0.717) is 6.10 Å². The first kappa shape index (κ1) is 11.1. The molecule has 2 saturated carbocycles. The summed E-state index contributed by atoms with van der Waals surface area (Å²) in [5, 5.41) is 0.856. The fourth-order valence-electron chi connectivity index (χ4n) is 3.61. The summed E-state index contributed by atoms with van der Waals surface area (Å²) in [6.45, 7) is 0. The average molecular weight is 358 g/mol. The van der Waals surface area contributed by atoms with Crippen LogP contribution in [-0.4, -0.2) is 15.3 Å².